The Morgan fingerprint density at radius 1 is 1.22 bits per heavy atom. The molecular weight excluding hydrogens is 410 g/mol. The molecule has 0 bridgehead atoms. The van der Waals surface area contributed by atoms with E-state index in [2.05, 4.69) is 15.9 Å². The maximum atomic E-state index is 13.0. The molecule has 3 nitrogen and oxygen atoms in total. The van der Waals surface area contributed by atoms with E-state index in [4.69, 9.17) is 33.0 Å². The molecule has 0 saturated heterocycles. The van der Waals surface area contributed by atoms with E-state index in [-0.39, 0.29) is 18.1 Å². The van der Waals surface area contributed by atoms with Crippen molar-refractivity contribution in [1.82, 2.24) is 0 Å². The lowest BCUT2D eigenvalue weighted by Gasteiger charge is -2.13. The summed E-state index contributed by atoms with van der Waals surface area (Å²) in [6, 6.07) is 7.48. The van der Waals surface area contributed by atoms with E-state index in [0.29, 0.717) is 27.2 Å². The lowest BCUT2D eigenvalue weighted by molar-refractivity contribution is -0.136. The molecule has 2 aromatic carbocycles. The first-order valence-electron chi connectivity index (χ1n) is 6.63. The summed E-state index contributed by atoms with van der Waals surface area (Å²) in [5.41, 5.74) is 1.42. The molecule has 7 heteroatoms. The minimum Gasteiger partial charge on any atom is -0.486 e. The topological polar surface area (TPSA) is 46.5 Å². The fourth-order valence-corrected chi connectivity index (χ4v) is 3.19. The number of aliphatic carboxylic acids is 1. The number of ether oxygens (including phenoxy) is 1. The molecule has 0 heterocycles. The van der Waals surface area contributed by atoms with Crippen LogP contribution in [0.25, 0.3) is 0 Å². The first kappa shape index (κ1) is 18.0. The highest BCUT2D eigenvalue weighted by Gasteiger charge is 2.12. The van der Waals surface area contributed by atoms with Crippen LogP contribution in [0.1, 0.15) is 17.5 Å². The second kappa shape index (κ2) is 7.99. The summed E-state index contributed by atoms with van der Waals surface area (Å²) < 4.78 is 19.3. The zero-order valence-electron chi connectivity index (χ0n) is 11.8. The van der Waals surface area contributed by atoms with Crippen LogP contribution in [-0.2, 0) is 17.8 Å². The van der Waals surface area contributed by atoms with Crippen LogP contribution in [0.5, 0.6) is 5.75 Å². The number of aryl methyl sites for hydroxylation is 1. The number of carboxylic acid groups (broad SMARTS) is 1. The largest absolute Gasteiger partial charge is 0.486 e. The molecule has 0 aliphatic heterocycles. The average molecular weight is 422 g/mol. The van der Waals surface area contributed by atoms with Crippen LogP contribution in [0.2, 0.25) is 10.0 Å². The highest BCUT2D eigenvalue weighted by atomic mass is 79.9. The standard InChI is InChI=1S/C16H12BrCl2FO3/c17-12-5-9(1-4-15(21)22)6-14(19)16(12)23-8-10-2-3-11(20)7-13(10)18/h2-3,5-7H,1,4,8H2,(H,21,22). The number of halogens is 4. The highest BCUT2D eigenvalue weighted by Crippen LogP contribution is 2.35. The van der Waals surface area contributed by atoms with Crippen molar-refractivity contribution in [2.24, 2.45) is 0 Å². The van der Waals surface area contributed by atoms with Crippen molar-refractivity contribution in [1.29, 1.82) is 0 Å². The van der Waals surface area contributed by atoms with Crippen LogP contribution in [-0.4, -0.2) is 11.1 Å². The molecule has 1 N–H and O–H groups in total. The third-order valence-corrected chi connectivity index (χ3v) is 4.29. The van der Waals surface area contributed by atoms with Gasteiger partial charge in [-0.25, -0.2) is 4.39 Å². The molecule has 0 aromatic heterocycles. The molecule has 0 spiro atoms. The van der Waals surface area contributed by atoms with Gasteiger partial charge < -0.3 is 9.84 Å². The molecule has 0 radical (unpaired) electrons. The van der Waals surface area contributed by atoms with Crippen molar-refractivity contribution < 1.29 is 19.0 Å². The second-order valence-corrected chi connectivity index (χ2v) is 6.48. The van der Waals surface area contributed by atoms with Gasteiger partial charge in [0.05, 0.1) is 14.5 Å². The summed E-state index contributed by atoms with van der Waals surface area (Å²) in [6.45, 7) is 0.131. The Morgan fingerprint density at radius 2 is 1.96 bits per heavy atom. The zero-order chi connectivity index (χ0) is 17.0. The van der Waals surface area contributed by atoms with Crippen LogP contribution < -0.4 is 4.74 Å². The molecule has 0 aliphatic carbocycles. The Bertz CT molecular complexity index is 714. The van der Waals surface area contributed by atoms with Gasteiger partial charge in [0, 0.05) is 12.0 Å². The summed E-state index contributed by atoms with van der Waals surface area (Å²) in [5.74, 6) is -0.865. The van der Waals surface area contributed by atoms with Gasteiger partial charge in [-0.15, -0.1) is 0 Å². The normalized spacial score (nSPS) is 10.6. The predicted molar refractivity (Wildman–Crippen MR) is 90.9 cm³/mol. The predicted octanol–water partition coefficient (Wildman–Crippen LogP) is 5.49. The van der Waals surface area contributed by atoms with Gasteiger partial charge in [-0.2, -0.15) is 0 Å². The van der Waals surface area contributed by atoms with E-state index in [0.717, 1.165) is 5.56 Å². The molecule has 0 amide bonds. The van der Waals surface area contributed by atoms with Crippen LogP contribution in [0, 0.1) is 5.82 Å². The van der Waals surface area contributed by atoms with E-state index in [9.17, 15) is 9.18 Å². The van der Waals surface area contributed by atoms with Crippen molar-refractivity contribution in [3.8, 4) is 5.75 Å². The maximum absolute atomic E-state index is 13.0. The second-order valence-electron chi connectivity index (χ2n) is 4.81. The number of carbonyl (C=O) groups is 1. The number of hydrogen-bond donors (Lipinski definition) is 1. The molecule has 2 aromatic rings. The van der Waals surface area contributed by atoms with E-state index >= 15 is 0 Å². The van der Waals surface area contributed by atoms with Gasteiger partial charge in [-0.1, -0.05) is 29.3 Å². The summed E-state index contributed by atoms with van der Waals surface area (Å²) in [5, 5.41) is 9.35. The molecule has 0 saturated carbocycles. The van der Waals surface area contributed by atoms with Gasteiger partial charge in [0.25, 0.3) is 0 Å². The third kappa shape index (κ3) is 5.09. The smallest absolute Gasteiger partial charge is 0.303 e. The summed E-state index contributed by atoms with van der Waals surface area (Å²) in [6.07, 6.45) is 0.395. The Morgan fingerprint density at radius 3 is 2.57 bits per heavy atom. The van der Waals surface area contributed by atoms with E-state index in [1.54, 1.807) is 18.2 Å². The summed E-state index contributed by atoms with van der Waals surface area (Å²) in [7, 11) is 0. The first-order valence-corrected chi connectivity index (χ1v) is 8.18. The van der Waals surface area contributed by atoms with Crippen molar-refractivity contribution in [3.63, 3.8) is 0 Å². The highest BCUT2D eigenvalue weighted by molar-refractivity contribution is 9.10. The SMILES string of the molecule is O=C(O)CCc1cc(Cl)c(OCc2ccc(F)cc2Cl)c(Br)c1. The quantitative estimate of drug-likeness (QED) is 0.670. The minimum atomic E-state index is -0.872. The van der Waals surface area contributed by atoms with Gasteiger partial charge in [-0.3, -0.25) is 4.79 Å². The molecular formula is C16H12BrCl2FO3. The van der Waals surface area contributed by atoms with Gasteiger partial charge in [0.1, 0.15) is 12.4 Å². The molecule has 2 rings (SSSR count). The summed E-state index contributed by atoms with van der Waals surface area (Å²) in [4.78, 5) is 10.6. The van der Waals surface area contributed by atoms with Crippen LogP contribution in [0.4, 0.5) is 4.39 Å². The van der Waals surface area contributed by atoms with E-state index < -0.39 is 11.8 Å². The van der Waals surface area contributed by atoms with Gasteiger partial charge in [0.15, 0.2) is 5.75 Å². The molecule has 0 unspecified atom stereocenters. The van der Waals surface area contributed by atoms with Gasteiger partial charge in [0.2, 0.25) is 0 Å². The molecule has 23 heavy (non-hydrogen) atoms. The number of rotatable bonds is 6. The third-order valence-electron chi connectivity index (χ3n) is 3.07. The Balaban J connectivity index is 2.12. The first-order chi connectivity index (χ1) is 10.9. The monoisotopic (exact) mass is 420 g/mol. The Kier molecular flexibility index (Phi) is 6.27. The Labute approximate surface area is 151 Å². The maximum Gasteiger partial charge on any atom is 0.303 e. The molecule has 0 atom stereocenters. The Hall–Kier alpha value is -1.30. The van der Waals surface area contributed by atoms with Crippen molar-refractivity contribution in [2.75, 3.05) is 0 Å². The van der Waals surface area contributed by atoms with Crippen molar-refractivity contribution >= 4 is 45.1 Å². The van der Waals surface area contributed by atoms with Crippen LogP contribution in [0.15, 0.2) is 34.8 Å². The van der Waals surface area contributed by atoms with Gasteiger partial charge in [-0.05, 0) is 52.2 Å². The zero-order valence-corrected chi connectivity index (χ0v) is 14.9. The average Bonchev–Trinajstić information content (AvgIpc) is 2.46. The van der Waals surface area contributed by atoms with Gasteiger partial charge >= 0.3 is 5.97 Å². The number of carboxylic acids is 1. The number of hydrogen-bond acceptors (Lipinski definition) is 2. The molecule has 0 fully saturated rings. The molecule has 0 aliphatic rings. The lowest BCUT2D eigenvalue weighted by Crippen LogP contribution is -2.00. The fourth-order valence-electron chi connectivity index (χ4n) is 1.93. The molecule has 122 valence electrons. The van der Waals surface area contributed by atoms with Crippen LogP contribution in [0.3, 0.4) is 0 Å². The van der Waals surface area contributed by atoms with E-state index in [1.807, 2.05) is 0 Å². The van der Waals surface area contributed by atoms with Crippen molar-refractivity contribution in [3.05, 3.63) is 61.8 Å². The number of benzene rings is 2. The fraction of sp³-hybridized carbons (Fsp3) is 0.188. The summed E-state index contributed by atoms with van der Waals surface area (Å²) >= 11 is 15.5. The lowest BCUT2D eigenvalue weighted by atomic mass is 10.1. The van der Waals surface area contributed by atoms with Crippen molar-refractivity contribution in [2.45, 2.75) is 19.4 Å². The minimum absolute atomic E-state index is 0.0220. The van der Waals surface area contributed by atoms with Crippen LogP contribution >= 0.6 is 39.1 Å². The van der Waals surface area contributed by atoms with E-state index in [1.165, 1.54) is 12.1 Å².